The zero-order chi connectivity index (χ0) is 16.6. The van der Waals surface area contributed by atoms with E-state index in [2.05, 4.69) is 31.2 Å². The molecular weight excluding hydrogens is 356 g/mol. The van der Waals surface area contributed by atoms with Crippen molar-refractivity contribution in [3.8, 4) is 0 Å². The third-order valence-electron chi connectivity index (χ3n) is 3.65. The highest BCUT2D eigenvalue weighted by atomic mass is 79.9. The lowest BCUT2D eigenvalue weighted by molar-refractivity contribution is 0.102. The SMILES string of the molecule is CCc1nc2c(C)cc(Br)cn2c1C(=O)Nc1cc(C)ccn1. The Morgan fingerprint density at radius 3 is 2.83 bits per heavy atom. The first-order valence-corrected chi connectivity index (χ1v) is 8.20. The van der Waals surface area contributed by atoms with Crippen LogP contribution < -0.4 is 5.32 Å². The molecule has 1 amide bonds. The molecule has 3 aromatic rings. The van der Waals surface area contributed by atoms with E-state index in [1.807, 2.05) is 49.6 Å². The molecule has 0 saturated carbocycles. The number of halogens is 1. The van der Waals surface area contributed by atoms with E-state index in [4.69, 9.17) is 0 Å². The van der Waals surface area contributed by atoms with Crippen LogP contribution in [0.25, 0.3) is 5.65 Å². The summed E-state index contributed by atoms with van der Waals surface area (Å²) in [5, 5.41) is 2.86. The van der Waals surface area contributed by atoms with Crippen LogP contribution >= 0.6 is 15.9 Å². The summed E-state index contributed by atoms with van der Waals surface area (Å²) < 4.78 is 2.74. The number of aryl methyl sites for hydroxylation is 3. The number of imidazole rings is 1. The minimum atomic E-state index is -0.204. The van der Waals surface area contributed by atoms with Gasteiger partial charge in [0.05, 0.1) is 5.69 Å². The minimum absolute atomic E-state index is 0.204. The number of aromatic nitrogens is 3. The largest absolute Gasteiger partial charge is 0.305 e. The normalized spacial score (nSPS) is 11.0. The second-order valence-corrected chi connectivity index (χ2v) is 6.38. The fraction of sp³-hybridized carbons (Fsp3) is 0.235. The number of rotatable bonds is 3. The molecule has 5 nitrogen and oxygen atoms in total. The lowest BCUT2D eigenvalue weighted by Gasteiger charge is -2.07. The van der Waals surface area contributed by atoms with Crippen molar-refractivity contribution in [1.29, 1.82) is 0 Å². The first kappa shape index (κ1) is 15.7. The molecule has 0 bridgehead atoms. The number of carbonyl (C=O) groups excluding carboxylic acids is 1. The smallest absolute Gasteiger partial charge is 0.275 e. The maximum Gasteiger partial charge on any atom is 0.275 e. The molecule has 0 aliphatic rings. The molecule has 0 aromatic carbocycles. The maximum absolute atomic E-state index is 12.8. The minimum Gasteiger partial charge on any atom is -0.305 e. The number of anilines is 1. The number of fused-ring (bicyclic) bond motifs is 1. The summed E-state index contributed by atoms with van der Waals surface area (Å²) >= 11 is 3.48. The summed E-state index contributed by atoms with van der Waals surface area (Å²) in [6, 6.07) is 5.72. The third kappa shape index (κ3) is 2.99. The number of pyridine rings is 2. The maximum atomic E-state index is 12.8. The van der Waals surface area contributed by atoms with Gasteiger partial charge < -0.3 is 5.32 Å². The van der Waals surface area contributed by atoms with Crippen molar-refractivity contribution in [3.05, 3.63) is 57.6 Å². The summed E-state index contributed by atoms with van der Waals surface area (Å²) in [6.45, 7) is 5.94. The van der Waals surface area contributed by atoms with Crippen LogP contribution in [-0.2, 0) is 6.42 Å². The van der Waals surface area contributed by atoms with E-state index >= 15 is 0 Å². The van der Waals surface area contributed by atoms with Gasteiger partial charge in [0.25, 0.3) is 5.91 Å². The highest BCUT2D eigenvalue weighted by molar-refractivity contribution is 9.10. The van der Waals surface area contributed by atoms with Crippen LogP contribution in [0.15, 0.2) is 35.1 Å². The molecule has 0 unspecified atom stereocenters. The second kappa shape index (κ2) is 6.12. The number of amides is 1. The molecular formula is C17H17BrN4O. The Morgan fingerprint density at radius 2 is 2.13 bits per heavy atom. The van der Waals surface area contributed by atoms with E-state index < -0.39 is 0 Å². The summed E-state index contributed by atoms with van der Waals surface area (Å²) in [6.07, 6.45) is 4.23. The standard InChI is InChI=1S/C17H17BrN4O/c1-4-13-15(17(23)21-14-7-10(2)5-6-19-14)22-9-12(18)8-11(3)16(22)20-13/h5-9H,4H2,1-3H3,(H,19,21,23). The molecule has 3 heterocycles. The number of nitrogens with zero attached hydrogens (tertiary/aromatic N) is 3. The molecule has 118 valence electrons. The summed E-state index contributed by atoms with van der Waals surface area (Å²) in [5.41, 5.74) is 4.18. The highest BCUT2D eigenvalue weighted by Gasteiger charge is 2.20. The fourth-order valence-corrected chi connectivity index (χ4v) is 3.13. The van der Waals surface area contributed by atoms with Gasteiger partial charge in [0, 0.05) is 16.9 Å². The fourth-order valence-electron chi connectivity index (χ4n) is 2.58. The molecule has 0 aliphatic heterocycles. The van der Waals surface area contributed by atoms with E-state index in [0.717, 1.165) is 26.9 Å². The van der Waals surface area contributed by atoms with Crippen molar-refractivity contribution in [2.24, 2.45) is 0 Å². The van der Waals surface area contributed by atoms with Gasteiger partial charge in [-0.15, -0.1) is 0 Å². The van der Waals surface area contributed by atoms with E-state index in [-0.39, 0.29) is 5.91 Å². The van der Waals surface area contributed by atoms with Gasteiger partial charge in [-0.3, -0.25) is 9.20 Å². The van der Waals surface area contributed by atoms with E-state index in [1.165, 1.54) is 0 Å². The van der Waals surface area contributed by atoms with Crippen molar-refractivity contribution in [2.75, 3.05) is 5.32 Å². The van der Waals surface area contributed by atoms with Gasteiger partial charge in [-0.2, -0.15) is 0 Å². The van der Waals surface area contributed by atoms with Crippen molar-refractivity contribution in [1.82, 2.24) is 14.4 Å². The molecule has 6 heteroatoms. The average Bonchev–Trinajstić information content (AvgIpc) is 2.86. The molecule has 0 spiro atoms. The van der Waals surface area contributed by atoms with Gasteiger partial charge in [-0.05, 0) is 65.5 Å². The number of carbonyl (C=O) groups is 1. The van der Waals surface area contributed by atoms with Crippen LogP contribution in [0.4, 0.5) is 5.82 Å². The Kier molecular flexibility index (Phi) is 4.17. The molecule has 3 aromatic heterocycles. The van der Waals surface area contributed by atoms with Gasteiger partial charge in [0.15, 0.2) is 0 Å². The van der Waals surface area contributed by atoms with Crippen molar-refractivity contribution in [2.45, 2.75) is 27.2 Å². The zero-order valence-electron chi connectivity index (χ0n) is 13.2. The zero-order valence-corrected chi connectivity index (χ0v) is 14.8. The van der Waals surface area contributed by atoms with E-state index in [9.17, 15) is 4.79 Å². The van der Waals surface area contributed by atoms with E-state index in [1.54, 1.807) is 6.20 Å². The van der Waals surface area contributed by atoms with Gasteiger partial charge in [0.1, 0.15) is 17.2 Å². The first-order chi connectivity index (χ1) is 11.0. The molecule has 0 fully saturated rings. The Balaban J connectivity index is 2.09. The van der Waals surface area contributed by atoms with Crippen molar-refractivity contribution < 1.29 is 4.79 Å². The topological polar surface area (TPSA) is 59.3 Å². The average molecular weight is 373 g/mol. The molecule has 0 atom stereocenters. The summed E-state index contributed by atoms with van der Waals surface area (Å²) in [5.74, 6) is 0.337. The molecule has 0 saturated heterocycles. The van der Waals surface area contributed by atoms with Gasteiger partial charge in [-0.25, -0.2) is 9.97 Å². The summed E-state index contributed by atoms with van der Waals surface area (Å²) in [7, 11) is 0. The Hall–Kier alpha value is -2.21. The molecule has 0 aliphatic carbocycles. The third-order valence-corrected chi connectivity index (χ3v) is 4.08. The first-order valence-electron chi connectivity index (χ1n) is 7.40. The quantitative estimate of drug-likeness (QED) is 0.757. The lowest BCUT2D eigenvalue weighted by atomic mass is 10.2. The molecule has 1 N–H and O–H groups in total. The Bertz CT molecular complexity index is 901. The van der Waals surface area contributed by atoms with Crippen LogP contribution in [0.3, 0.4) is 0 Å². The lowest BCUT2D eigenvalue weighted by Crippen LogP contribution is -2.17. The van der Waals surface area contributed by atoms with Gasteiger partial charge >= 0.3 is 0 Å². The summed E-state index contributed by atoms with van der Waals surface area (Å²) in [4.78, 5) is 21.6. The number of hydrogen-bond donors (Lipinski definition) is 1. The molecule has 23 heavy (non-hydrogen) atoms. The van der Waals surface area contributed by atoms with Crippen LogP contribution in [0.2, 0.25) is 0 Å². The second-order valence-electron chi connectivity index (χ2n) is 5.47. The van der Waals surface area contributed by atoms with Crippen LogP contribution in [0.5, 0.6) is 0 Å². The van der Waals surface area contributed by atoms with Crippen molar-refractivity contribution >= 4 is 33.3 Å². The van der Waals surface area contributed by atoms with Crippen LogP contribution in [-0.4, -0.2) is 20.3 Å². The molecule has 3 rings (SSSR count). The predicted octanol–water partition coefficient (Wildman–Crippen LogP) is 3.92. The number of hydrogen-bond acceptors (Lipinski definition) is 3. The predicted molar refractivity (Wildman–Crippen MR) is 93.9 cm³/mol. The van der Waals surface area contributed by atoms with Gasteiger partial charge in [0.2, 0.25) is 0 Å². The number of nitrogens with one attached hydrogen (secondary N) is 1. The van der Waals surface area contributed by atoms with Gasteiger partial charge in [-0.1, -0.05) is 6.92 Å². The highest BCUT2D eigenvalue weighted by Crippen LogP contribution is 2.22. The molecule has 0 radical (unpaired) electrons. The van der Waals surface area contributed by atoms with Crippen LogP contribution in [0.1, 0.15) is 34.2 Å². The Labute approximate surface area is 142 Å². The van der Waals surface area contributed by atoms with Crippen molar-refractivity contribution in [3.63, 3.8) is 0 Å². The monoisotopic (exact) mass is 372 g/mol. The Morgan fingerprint density at radius 1 is 1.35 bits per heavy atom. The van der Waals surface area contributed by atoms with Crippen LogP contribution in [0, 0.1) is 13.8 Å². The van der Waals surface area contributed by atoms with E-state index in [0.29, 0.717) is 17.9 Å².